The lowest BCUT2D eigenvalue weighted by Gasteiger charge is -2.09. The van der Waals surface area contributed by atoms with E-state index in [0.717, 1.165) is 19.4 Å². The van der Waals surface area contributed by atoms with Gasteiger partial charge in [0.25, 0.3) is 0 Å². The molecule has 0 aliphatic rings. The Kier molecular flexibility index (Phi) is 7.84. The van der Waals surface area contributed by atoms with Gasteiger partial charge < -0.3 is 10.1 Å². The quantitative estimate of drug-likeness (QED) is 0.679. The molecular weight excluding hydrogens is 265 g/mol. The maximum Gasteiger partial charge on any atom is 0.183 e. The predicted molar refractivity (Wildman–Crippen MR) is 78.5 cm³/mol. The molecule has 1 N–H and O–H groups in total. The van der Waals surface area contributed by atoms with Gasteiger partial charge in [-0.1, -0.05) is 44.4 Å². The van der Waals surface area contributed by atoms with E-state index in [4.69, 9.17) is 16.3 Å². The summed E-state index contributed by atoms with van der Waals surface area (Å²) in [6, 6.07) is 5.37. The Morgan fingerprint density at radius 3 is 2.68 bits per heavy atom. The molecule has 0 atom stereocenters. The van der Waals surface area contributed by atoms with Gasteiger partial charge in [-0.25, -0.2) is 4.39 Å². The summed E-state index contributed by atoms with van der Waals surface area (Å²) in [6.07, 6.45) is 4.38. The molecule has 0 unspecified atom stereocenters. The molecule has 0 saturated heterocycles. The average Bonchev–Trinajstić information content (AvgIpc) is 2.37. The van der Waals surface area contributed by atoms with Gasteiger partial charge in [0.1, 0.15) is 0 Å². The molecule has 19 heavy (non-hydrogen) atoms. The van der Waals surface area contributed by atoms with Crippen LogP contribution in [0.25, 0.3) is 0 Å². The van der Waals surface area contributed by atoms with E-state index < -0.39 is 5.82 Å². The van der Waals surface area contributed by atoms with E-state index in [1.807, 2.05) is 0 Å². The molecule has 108 valence electrons. The van der Waals surface area contributed by atoms with E-state index in [0.29, 0.717) is 12.6 Å². The topological polar surface area (TPSA) is 21.3 Å². The fraction of sp³-hybridized carbons (Fsp3) is 0.600. The molecule has 0 bridgehead atoms. The Hall–Kier alpha value is -0.800. The molecule has 0 aliphatic heterocycles. The van der Waals surface area contributed by atoms with Crippen molar-refractivity contribution in [2.45, 2.75) is 45.6 Å². The van der Waals surface area contributed by atoms with E-state index in [-0.39, 0.29) is 10.8 Å². The Morgan fingerprint density at radius 2 is 1.95 bits per heavy atom. The third-order valence-electron chi connectivity index (χ3n) is 2.80. The molecule has 0 spiro atoms. The van der Waals surface area contributed by atoms with Crippen molar-refractivity contribution < 1.29 is 9.13 Å². The maximum atomic E-state index is 13.5. The SMILES string of the molecule is CC(C)NCCCCCCOc1cccc(Cl)c1F. The summed E-state index contributed by atoms with van der Waals surface area (Å²) >= 11 is 5.67. The van der Waals surface area contributed by atoms with E-state index in [1.54, 1.807) is 12.1 Å². The Morgan fingerprint density at radius 1 is 1.21 bits per heavy atom. The van der Waals surface area contributed by atoms with E-state index in [9.17, 15) is 4.39 Å². The van der Waals surface area contributed by atoms with Gasteiger partial charge >= 0.3 is 0 Å². The van der Waals surface area contributed by atoms with E-state index in [1.165, 1.54) is 18.9 Å². The van der Waals surface area contributed by atoms with Gasteiger partial charge in [0.2, 0.25) is 0 Å². The van der Waals surface area contributed by atoms with Crippen LogP contribution in [0, 0.1) is 5.82 Å². The highest BCUT2D eigenvalue weighted by Crippen LogP contribution is 2.24. The van der Waals surface area contributed by atoms with Gasteiger partial charge in [0, 0.05) is 6.04 Å². The minimum atomic E-state index is -0.467. The fourth-order valence-corrected chi connectivity index (χ4v) is 1.91. The maximum absolute atomic E-state index is 13.5. The van der Waals surface area contributed by atoms with Crippen LogP contribution >= 0.6 is 11.6 Å². The van der Waals surface area contributed by atoms with Crippen LogP contribution in [-0.2, 0) is 0 Å². The summed E-state index contributed by atoms with van der Waals surface area (Å²) in [5.41, 5.74) is 0. The van der Waals surface area contributed by atoms with Crippen molar-refractivity contribution in [3.63, 3.8) is 0 Å². The van der Waals surface area contributed by atoms with Crippen LogP contribution in [0.5, 0.6) is 5.75 Å². The number of benzene rings is 1. The predicted octanol–water partition coefficient (Wildman–Crippen LogP) is 4.42. The lowest BCUT2D eigenvalue weighted by molar-refractivity contribution is 0.290. The number of hydrogen-bond acceptors (Lipinski definition) is 2. The van der Waals surface area contributed by atoms with E-state index in [2.05, 4.69) is 19.2 Å². The molecule has 0 heterocycles. The van der Waals surface area contributed by atoms with Crippen molar-refractivity contribution in [3.8, 4) is 5.75 Å². The zero-order valence-corrected chi connectivity index (χ0v) is 12.5. The molecule has 2 nitrogen and oxygen atoms in total. The lowest BCUT2D eigenvalue weighted by Crippen LogP contribution is -2.23. The van der Waals surface area contributed by atoms with Gasteiger partial charge in [-0.2, -0.15) is 0 Å². The van der Waals surface area contributed by atoms with Gasteiger partial charge in [0.05, 0.1) is 11.6 Å². The number of nitrogens with one attached hydrogen (secondary N) is 1. The van der Waals surface area contributed by atoms with Crippen LogP contribution in [0.3, 0.4) is 0 Å². The smallest absolute Gasteiger partial charge is 0.183 e. The molecule has 1 aromatic carbocycles. The molecule has 1 aromatic rings. The van der Waals surface area contributed by atoms with Gasteiger partial charge in [-0.15, -0.1) is 0 Å². The first kappa shape index (κ1) is 16.3. The molecule has 0 aliphatic carbocycles. The molecule has 0 fully saturated rings. The first-order valence-corrected chi connectivity index (χ1v) is 7.29. The summed E-state index contributed by atoms with van der Waals surface area (Å²) in [5.74, 6) is -0.223. The van der Waals surface area contributed by atoms with Crippen molar-refractivity contribution in [2.75, 3.05) is 13.2 Å². The molecule has 0 aromatic heterocycles. The number of rotatable bonds is 9. The number of hydrogen-bond donors (Lipinski definition) is 1. The van der Waals surface area contributed by atoms with Crippen molar-refractivity contribution in [2.24, 2.45) is 0 Å². The molecule has 4 heteroatoms. The van der Waals surface area contributed by atoms with E-state index >= 15 is 0 Å². The molecule has 1 rings (SSSR count). The first-order chi connectivity index (χ1) is 9.11. The van der Waals surface area contributed by atoms with Crippen LogP contribution < -0.4 is 10.1 Å². The lowest BCUT2D eigenvalue weighted by atomic mass is 10.2. The second-order valence-electron chi connectivity index (χ2n) is 4.92. The number of unbranched alkanes of at least 4 members (excludes halogenated alkanes) is 3. The zero-order chi connectivity index (χ0) is 14.1. The van der Waals surface area contributed by atoms with Gasteiger partial charge in [-0.3, -0.25) is 0 Å². The summed E-state index contributed by atoms with van der Waals surface area (Å²) in [6.45, 7) is 5.89. The monoisotopic (exact) mass is 287 g/mol. The van der Waals surface area contributed by atoms with Crippen molar-refractivity contribution in [1.29, 1.82) is 0 Å². The summed E-state index contributed by atoms with van der Waals surface area (Å²) in [4.78, 5) is 0. The minimum Gasteiger partial charge on any atom is -0.490 e. The van der Waals surface area contributed by atoms with Crippen molar-refractivity contribution in [1.82, 2.24) is 5.32 Å². The summed E-state index contributed by atoms with van der Waals surface area (Å²) < 4.78 is 18.9. The highest BCUT2D eigenvalue weighted by molar-refractivity contribution is 6.30. The molecule has 0 amide bonds. The normalized spacial score (nSPS) is 11.0. The number of halogens is 2. The molecule has 0 radical (unpaired) electrons. The van der Waals surface area contributed by atoms with Crippen LogP contribution in [-0.4, -0.2) is 19.2 Å². The van der Waals surface area contributed by atoms with Gasteiger partial charge in [-0.05, 0) is 31.5 Å². The highest BCUT2D eigenvalue weighted by Gasteiger charge is 2.06. The minimum absolute atomic E-state index is 0.109. The Balaban J connectivity index is 2.06. The average molecular weight is 288 g/mol. The standard InChI is InChI=1S/C15H23ClFNO/c1-12(2)18-10-5-3-4-6-11-19-14-9-7-8-13(16)15(14)17/h7-9,12,18H,3-6,10-11H2,1-2H3. The third kappa shape index (κ3) is 6.79. The van der Waals surface area contributed by atoms with Crippen LogP contribution in [0.2, 0.25) is 5.02 Å². The molecule has 0 saturated carbocycles. The van der Waals surface area contributed by atoms with Crippen LogP contribution in [0.1, 0.15) is 39.5 Å². The first-order valence-electron chi connectivity index (χ1n) is 6.91. The van der Waals surface area contributed by atoms with Crippen LogP contribution in [0.15, 0.2) is 18.2 Å². The second kappa shape index (κ2) is 9.16. The molecular formula is C15H23ClFNO. The van der Waals surface area contributed by atoms with Gasteiger partial charge in [0.15, 0.2) is 11.6 Å². The zero-order valence-electron chi connectivity index (χ0n) is 11.7. The summed E-state index contributed by atoms with van der Waals surface area (Å²) in [5, 5.41) is 3.49. The Bertz CT molecular complexity index is 371. The van der Waals surface area contributed by atoms with Crippen molar-refractivity contribution >= 4 is 11.6 Å². The Labute approximate surface area is 120 Å². The van der Waals surface area contributed by atoms with Crippen LogP contribution in [0.4, 0.5) is 4.39 Å². The second-order valence-corrected chi connectivity index (χ2v) is 5.33. The summed E-state index contributed by atoms with van der Waals surface area (Å²) in [7, 11) is 0. The fourth-order valence-electron chi connectivity index (χ4n) is 1.75. The van der Waals surface area contributed by atoms with Crippen molar-refractivity contribution in [3.05, 3.63) is 29.0 Å². The number of ether oxygens (including phenoxy) is 1. The third-order valence-corrected chi connectivity index (χ3v) is 3.09. The largest absolute Gasteiger partial charge is 0.490 e. The highest BCUT2D eigenvalue weighted by atomic mass is 35.5.